The molecule has 1 rings (SSSR count). The molecule has 3 N–H and O–H groups in total. The van der Waals surface area contributed by atoms with Gasteiger partial charge in [0.15, 0.2) is 5.11 Å². The normalized spacial score (nSPS) is 10.8. The number of carbonyl (C=O) groups is 2. The Bertz CT molecular complexity index is 577. The average molecular weight is 420 g/mol. The van der Waals surface area contributed by atoms with Gasteiger partial charge in [0, 0.05) is 4.47 Å². The molecule has 0 spiro atoms. The third kappa shape index (κ3) is 5.06. The van der Waals surface area contributed by atoms with Crippen LogP contribution in [0.5, 0.6) is 0 Å². The minimum atomic E-state index is -2.17. The molecule has 0 aliphatic carbocycles. The molecule has 1 aromatic carbocycles. The highest BCUT2D eigenvalue weighted by Crippen LogP contribution is 2.26. The molecule has 0 aliphatic rings. The molecule has 0 fully saturated rings. The molecule has 0 saturated heterocycles. The van der Waals surface area contributed by atoms with Gasteiger partial charge in [-0.25, -0.2) is 4.79 Å². The van der Waals surface area contributed by atoms with E-state index in [1.807, 2.05) is 0 Å². The smallest absolute Gasteiger partial charge is 0.337 e. The van der Waals surface area contributed by atoms with Gasteiger partial charge in [-0.05, 0) is 30.4 Å². The molecule has 0 aliphatic heterocycles. The topological polar surface area (TPSA) is 78.4 Å². The van der Waals surface area contributed by atoms with Crippen molar-refractivity contribution in [1.82, 2.24) is 5.32 Å². The number of anilines is 1. The summed E-state index contributed by atoms with van der Waals surface area (Å²) in [6, 6.07) is 4.46. The lowest BCUT2D eigenvalue weighted by molar-refractivity contribution is -0.118. The van der Waals surface area contributed by atoms with Crippen LogP contribution in [0.25, 0.3) is 0 Å². The van der Waals surface area contributed by atoms with E-state index in [4.69, 9.17) is 52.1 Å². The van der Waals surface area contributed by atoms with Gasteiger partial charge >= 0.3 is 5.97 Å². The van der Waals surface area contributed by atoms with E-state index in [1.165, 1.54) is 12.1 Å². The molecule has 0 aromatic heterocycles. The summed E-state index contributed by atoms with van der Waals surface area (Å²) in [7, 11) is 0. The van der Waals surface area contributed by atoms with E-state index in [9.17, 15) is 9.59 Å². The highest BCUT2D eigenvalue weighted by molar-refractivity contribution is 9.10. The van der Waals surface area contributed by atoms with Crippen LogP contribution in [0.3, 0.4) is 0 Å². The number of aromatic carboxylic acids is 1. The SMILES string of the molecule is O=C(O)c1cc(Br)ccc1NC(=S)NC(=O)C(Cl)(Cl)Cl. The van der Waals surface area contributed by atoms with Crippen LogP contribution < -0.4 is 10.6 Å². The van der Waals surface area contributed by atoms with E-state index in [0.717, 1.165) is 0 Å². The Balaban J connectivity index is 2.87. The predicted octanol–water partition coefficient (Wildman–Crippen LogP) is 3.33. The number of carbonyl (C=O) groups excluding carboxylic acids is 1. The lowest BCUT2D eigenvalue weighted by Crippen LogP contribution is -2.41. The third-order valence-electron chi connectivity index (χ3n) is 1.94. The number of carboxylic acids is 1. The van der Waals surface area contributed by atoms with Crippen LogP contribution in [-0.4, -0.2) is 25.9 Å². The zero-order chi connectivity index (χ0) is 15.5. The van der Waals surface area contributed by atoms with Crippen molar-refractivity contribution in [3.8, 4) is 0 Å². The van der Waals surface area contributed by atoms with Crippen LogP contribution in [0.2, 0.25) is 0 Å². The first-order chi connectivity index (χ1) is 9.11. The maximum atomic E-state index is 11.4. The molecule has 5 nitrogen and oxygen atoms in total. The van der Waals surface area contributed by atoms with Crippen molar-refractivity contribution in [3.05, 3.63) is 28.2 Å². The second-order valence-electron chi connectivity index (χ2n) is 3.40. The van der Waals surface area contributed by atoms with Crippen LogP contribution in [-0.2, 0) is 4.79 Å². The highest BCUT2D eigenvalue weighted by Gasteiger charge is 2.31. The molecule has 0 radical (unpaired) electrons. The fraction of sp³-hybridized carbons (Fsp3) is 0.100. The van der Waals surface area contributed by atoms with Gasteiger partial charge in [0.25, 0.3) is 9.70 Å². The maximum Gasteiger partial charge on any atom is 0.337 e. The van der Waals surface area contributed by atoms with Crippen molar-refractivity contribution in [3.63, 3.8) is 0 Å². The van der Waals surface area contributed by atoms with Gasteiger partial charge in [0.1, 0.15) is 0 Å². The summed E-state index contributed by atoms with van der Waals surface area (Å²) in [5, 5.41) is 13.5. The van der Waals surface area contributed by atoms with E-state index < -0.39 is 15.7 Å². The van der Waals surface area contributed by atoms with Gasteiger partial charge in [-0.15, -0.1) is 0 Å². The van der Waals surface area contributed by atoms with Gasteiger partial charge in [0.2, 0.25) is 0 Å². The molecular weight excluding hydrogens is 414 g/mol. The van der Waals surface area contributed by atoms with Gasteiger partial charge < -0.3 is 10.4 Å². The fourth-order valence-corrected chi connectivity index (χ4v) is 1.84. The number of rotatable bonds is 2. The summed E-state index contributed by atoms with van der Waals surface area (Å²) in [5.41, 5.74) is 0.153. The van der Waals surface area contributed by atoms with Crippen LogP contribution in [0.4, 0.5) is 5.69 Å². The maximum absolute atomic E-state index is 11.4. The Labute approximate surface area is 142 Å². The van der Waals surface area contributed by atoms with Crippen LogP contribution in [0, 0.1) is 0 Å². The number of amides is 1. The van der Waals surface area contributed by atoms with Gasteiger partial charge in [-0.1, -0.05) is 50.7 Å². The van der Waals surface area contributed by atoms with Crippen molar-refractivity contribution in [2.75, 3.05) is 5.32 Å². The third-order valence-corrected chi connectivity index (χ3v) is 3.16. The molecule has 0 heterocycles. The van der Waals surface area contributed by atoms with Gasteiger partial charge in [-0.2, -0.15) is 0 Å². The second-order valence-corrected chi connectivity index (χ2v) is 7.01. The molecule has 108 valence electrons. The Morgan fingerprint density at radius 3 is 2.40 bits per heavy atom. The number of thiocarbonyl (C=S) groups is 1. The standard InChI is InChI=1S/C10H6BrCl3N2O3S/c11-4-1-2-6(5(3-4)7(17)18)15-9(20)16-8(19)10(12,13)14/h1-3H,(H,17,18)(H2,15,16,19,20). The summed E-state index contributed by atoms with van der Waals surface area (Å²) in [6.45, 7) is 0. The van der Waals surface area contributed by atoms with Crippen molar-refractivity contribution in [2.24, 2.45) is 0 Å². The molecule has 1 aromatic rings. The predicted molar refractivity (Wildman–Crippen MR) is 85.8 cm³/mol. The first-order valence-corrected chi connectivity index (χ1v) is 7.17. The average Bonchev–Trinajstić information content (AvgIpc) is 2.29. The Kier molecular flexibility index (Phi) is 6.03. The lowest BCUT2D eigenvalue weighted by Gasteiger charge is -2.14. The molecule has 0 bridgehead atoms. The van der Waals surface area contributed by atoms with E-state index in [2.05, 4.69) is 26.6 Å². The summed E-state index contributed by atoms with van der Waals surface area (Å²) in [4.78, 5) is 22.5. The molecular formula is C10H6BrCl3N2O3S. The van der Waals surface area contributed by atoms with Gasteiger partial charge in [0.05, 0.1) is 11.3 Å². The monoisotopic (exact) mass is 418 g/mol. The number of carboxylic acid groups (broad SMARTS) is 1. The Morgan fingerprint density at radius 2 is 1.90 bits per heavy atom. The second kappa shape index (κ2) is 6.91. The van der Waals surface area contributed by atoms with E-state index in [0.29, 0.717) is 4.47 Å². The first-order valence-electron chi connectivity index (χ1n) is 4.83. The van der Waals surface area contributed by atoms with Crippen molar-refractivity contribution >= 4 is 85.6 Å². The number of halogens is 4. The fourth-order valence-electron chi connectivity index (χ4n) is 1.13. The molecule has 0 unspecified atom stereocenters. The van der Waals surface area contributed by atoms with E-state index in [1.54, 1.807) is 6.07 Å². The quantitative estimate of drug-likeness (QED) is 0.505. The van der Waals surface area contributed by atoms with Crippen LogP contribution >= 0.6 is 63.0 Å². The molecule has 20 heavy (non-hydrogen) atoms. The first kappa shape index (κ1) is 17.5. The molecule has 0 atom stereocenters. The van der Waals surface area contributed by atoms with Crippen molar-refractivity contribution in [1.29, 1.82) is 0 Å². The summed E-state index contributed by atoms with van der Waals surface area (Å²) < 4.78 is -1.59. The number of alkyl halides is 3. The molecule has 0 saturated carbocycles. The zero-order valence-corrected chi connectivity index (χ0v) is 14.1. The van der Waals surface area contributed by atoms with Gasteiger partial charge in [-0.3, -0.25) is 10.1 Å². The van der Waals surface area contributed by atoms with Crippen molar-refractivity contribution in [2.45, 2.75) is 3.79 Å². The van der Waals surface area contributed by atoms with E-state index >= 15 is 0 Å². The zero-order valence-electron chi connectivity index (χ0n) is 9.42. The number of nitrogens with one attached hydrogen (secondary N) is 2. The Morgan fingerprint density at radius 1 is 1.30 bits per heavy atom. The van der Waals surface area contributed by atoms with Crippen LogP contribution in [0.15, 0.2) is 22.7 Å². The lowest BCUT2D eigenvalue weighted by atomic mass is 10.2. The largest absolute Gasteiger partial charge is 0.478 e. The minimum absolute atomic E-state index is 0.0372. The van der Waals surface area contributed by atoms with Crippen LogP contribution in [0.1, 0.15) is 10.4 Å². The summed E-state index contributed by atoms with van der Waals surface area (Å²) in [5.74, 6) is -2.11. The Hall–Kier alpha value is -0.600. The summed E-state index contributed by atoms with van der Waals surface area (Å²) >= 11 is 24.1. The minimum Gasteiger partial charge on any atom is -0.478 e. The number of hydrogen-bond donors (Lipinski definition) is 3. The van der Waals surface area contributed by atoms with E-state index in [-0.39, 0.29) is 16.4 Å². The van der Waals surface area contributed by atoms with Crippen molar-refractivity contribution < 1.29 is 14.7 Å². The molecule has 1 amide bonds. The number of hydrogen-bond acceptors (Lipinski definition) is 3. The molecule has 10 heteroatoms. The summed E-state index contributed by atoms with van der Waals surface area (Å²) in [6.07, 6.45) is 0. The number of benzene rings is 1. The highest BCUT2D eigenvalue weighted by atomic mass is 79.9.